The monoisotopic (exact) mass is 550 g/mol. The number of carboxylic acid groups (broad SMARTS) is 1. The summed E-state index contributed by atoms with van der Waals surface area (Å²) in [6, 6.07) is 0. The second-order valence-corrected chi connectivity index (χ2v) is 12.9. The van der Waals surface area contributed by atoms with E-state index in [0.717, 1.165) is 83.8 Å². The highest BCUT2D eigenvalue weighted by atomic mass is 16.7. The molecule has 1 N–H and O–H groups in total. The summed E-state index contributed by atoms with van der Waals surface area (Å²) in [4.78, 5) is 10.9. The van der Waals surface area contributed by atoms with Crippen molar-refractivity contribution in [2.75, 3.05) is 13.2 Å². The molecule has 3 heterocycles. The highest BCUT2D eigenvalue weighted by molar-refractivity contribution is 5.66. The van der Waals surface area contributed by atoms with Crippen molar-refractivity contribution in [3.05, 3.63) is 12.2 Å². The molecule has 1 saturated carbocycles. The lowest BCUT2D eigenvalue weighted by Crippen LogP contribution is -2.37. The van der Waals surface area contributed by atoms with Crippen LogP contribution in [0.3, 0.4) is 0 Å². The molecule has 0 aromatic heterocycles. The number of hydrogen-bond acceptors (Lipinski definition) is 6. The van der Waals surface area contributed by atoms with Crippen LogP contribution >= 0.6 is 0 Å². The highest BCUT2D eigenvalue weighted by Crippen LogP contribution is 2.47. The number of rotatable bonds is 15. The Hall–Kier alpha value is -0.990. The van der Waals surface area contributed by atoms with Crippen LogP contribution in [0.1, 0.15) is 117 Å². The fraction of sp³-hybridized carbons (Fsp3) is 0.906. The van der Waals surface area contributed by atoms with E-state index in [9.17, 15) is 4.79 Å². The van der Waals surface area contributed by atoms with Gasteiger partial charge in [-0.25, -0.2) is 0 Å². The van der Waals surface area contributed by atoms with Crippen molar-refractivity contribution in [1.82, 2.24) is 0 Å². The minimum Gasteiger partial charge on any atom is -0.481 e. The Morgan fingerprint density at radius 3 is 2.44 bits per heavy atom. The van der Waals surface area contributed by atoms with Crippen molar-refractivity contribution in [3.63, 3.8) is 0 Å². The predicted molar refractivity (Wildman–Crippen MR) is 150 cm³/mol. The molecule has 0 aromatic carbocycles. The number of hydrogen-bond donors (Lipinski definition) is 1. The summed E-state index contributed by atoms with van der Waals surface area (Å²) >= 11 is 0. The maximum Gasteiger partial charge on any atom is 0.303 e. The smallest absolute Gasteiger partial charge is 0.303 e. The maximum absolute atomic E-state index is 10.9. The van der Waals surface area contributed by atoms with E-state index in [2.05, 4.69) is 32.9 Å². The van der Waals surface area contributed by atoms with Gasteiger partial charge in [0.25, 0.3) is 0 Å². The topological polar surface area (TPSA) is 83.5 Å². The molecule has 4 aliphatic rings. The van der Waals surface area contributed by atoms with Crippen molar-refractivity contribution in [2.24, 2.45) is 17.3 Å². The van der Waals surface area contributed by atoms with Crippen LogP contribution in [0.25, 0.3) is 0 Å². The van der Waals surface area contributed by atoms with Gasteiger partial charge in [-0.2, -0.15) is 0 Å². The molecule has 0 aromatic rings. The van der Waals surface area contributed by atoms with E-state index in [1.54, 1.807) is 0 Å². The largest absolute Gasteiger partial charge is 0.481 e. The van der Waals surface area contributed by atoms with Gasteiger partial charge in [0.05, 0.1) is 24.4 Å². The molecule has 8 atom stereocenters. The molecule has 1 aliphatic carbocycles. The zero-order valence-corrected chi connectivity index (χ0v) is 24.7. The van der Waals surface area contributed by atoms with E-state index < -0.39 is 5.97 Å². The van der Waals surface area contributed by atoms with Crippen molar-refractivity contribution < 1.29 is 33.6 Å². The van der Waals surface area contributed by atoms with Gasteiger partial charge in [0.2, 0.25) is 0 Å². The number of carbonyl (C=O) groups is 1. The quantitative estimate of drug-likeness (QED) is 0.173. The average molecular weight is 551 g/mol. The lowest BCUT2D eigenvalue weighted by molar-refractivity contribution is -0.198. The summed E-state index contributed by atoms with van der Waals surface area (Å²) in [5.74, 6) is -0.0545. The van der Waals surface area contributed by atoms with Crippen molar-refractivity contribution in [2.45, 2.75) is 154 Å². The first-order chi connectivity index (χ1) is 18.9. The van der Waals surface area contributed by atoms with Gasteiger partial charge < -0.3 is 28.8 Å². The van der Waals surface area contributed by atoms with Gasteiger partial charge in [-0.15, -0.1) is 0 Å². The van der Waals surface area contributed by atoms with Crippen LogP contribution in [0.5, 0.6) is 0 Å². The van der Waals surface area contributed by atoms with Crippen LogP contribution in [0.2, 0.25) is 0 Å². The van der Waals surface area contributed by atoms with Crippen LogP contribution in [0.15, 0.2) is 12.2 Å². The molecule has 0 radical (unpaired) electrons. The fourth-order valence-corrected chi connectivity index (χ4v) is 6.89. The first kappa shape index (κ1) is 31.0. The van der Waals surface area contributed by atoms with Gasteiger partial charge in [-0.1, -0.05) is 52.2 Å². The Morgan fingerprint density at radius 1 is 1.03 bits per heavy atom. The molecule has 0 bridgehead atoms. The highest BCUT2D eigenvalue weighted by Gasteiger charge is 2.49. The van der Waals surface area contributed by atoms with Crippen LogP contribution in [0, 0.1) is 17.3 Å². The summed E-state index contributed by atoms with van der Waals surface area (Å²) in [5.41, 5.74) is 0.00695. The number of aliphatic carboxylic acids is 1. The first-order valence-corrected chi connectivity index (χ1v) is 16.0. The molecule has 0 spiro atoms. The van der Waals surface area contributed by atoms with Gasteiger partial charge in [0.15, 0.2) is 12.6 Å². The summed E-state index contributed by atoms with van der Waals surface area (Å²) in [5, 5.41) is 8.97. The minimum atomic E-state index is -0.716. The Kier molecular flexibility index (Phi) is 12.1. The average Bonchev–Trinajstić information content (AvgIpc) is 3.46. The summed E-state index contributed by atoms with van der Waals surface area (Å²) in [6.45, 7) is 8.47. The third-order valence-corrected chi connectivity index (χ3v) is 9.29. The standard InChI is InChI=1S/C32H54O7/c1-4-5-18-32(2,3)28(39-31-15-9-11-20-36-31)17-16-24-25-21-23(12-6-7-13-29(33)34)37-27(25)22-26(24)38-30-14-8-10-19-35-30/h16-17,23-28,30-31H,4-15,18-22H2,1-3H3,(H,33,34)/t23?,24-,25-,26-,27-,28-,30?,31?/m1/s1. The van der Waals surface area contributed by atoms with E-state index in [0.29, 0.717) is 12.3 Å². The second-order valence-electron chi connectivity index (χ2n) is 12.9. The fourth-order valence-electron chi connectivity index (χ4n) is 6.89. The Labute approximate surface area is 236 Å². The van der Waals surface area contributed by atoms with Crippen molar-refractivity contribution in [1.29, 1.82) is 0 Å². The number of fused-ring (bicyclic) bond motifs is 1. The molecular weight excluding hydrogens is 496 g/mol. The molecule has 0 amide bonds. The first-order valence-electron chi connectivity index (χ1n) is 16.0. The molecule has 3 aliphatic heterocycles. The second kappa shape index (κ2) is 15.3. The Bertz CT molecular complexity index is 756. The third-order valence-electron chi connectivity index (χ3n) is 9.29. The van der Waals surface area contributed by atoms with E-state index in [1.807, 2.05) is 0 Å². The molecule has 224 valence electrons. The molecule has 7 heteroatoms. The van der Waals surface area contributed by atoms with Gasteiger partial charge in [0, 0.05) is 32.0 Å². The van der Waals surface area contributed by atoms with Gasteiger partial charge in [-0.05, 0) is 75.5 Å². The molecule has 4 rings (SSSR count). The molecular formula is C32H54O7. The summed E-state index contributed by atoms with van der Waals surface area (Å²) < 4.78 is 31.8. The number of unbranched alkanes of at least 4 members (excludes halogenated alkanes) is 2. The van der Waals surface area contributed by atoms with Crippen LogP contribution < -0.4 is 0 Å². The predicted octanol–water partition coefficient (Wildman–Crippen LogP) is 7.02. The number of ether oxygens (including phenoxy) is 5. The third kappa shape index (κ3) is 9.26. The van der Waals surface area contributed by atoms with Crippen LogP contribution in [0.4, 0.5) is 0 Å². The lowest BCUT2D eigenvalue weighted by Gasteiger charge is -2.36. The van der Waals surface area contributed by atoms with Crippen molar-refractivity contribution >= 4 is 5.97 Å². The maximum atomic E-state index is 10.9. The summed E-state index contributed by atoms with van der Waals surface area (Å²) in [6.07, 6.45) is 19.5. The van der Waals surface area contributed by atoms with Crippen molar-refractivity contribution in [3.8, 4) is 0 Å². The normalized spacial score (nSPS) is 34.4. The van der Waals surface area contributed by atoms with E-state index in [4.69, 9.17) is 28.8 Å². The minimum absolute atomic E-state index is 0.00695. The van der Waals surface area contributed by atoms with Gasteiger partial charge in [-0.3, -0.25) is 4.79 Å². The van der Waals surface area contributed by atoms with Gasteiger partial charge >= 0.3 is 5.97 Å². The van der Waals surface area contributed by atoms with Gasteiger partial charge in [0.1, 0.15) is 0 Å². The Morgan fingerprint density at radius 2 is 1.77 bits per heavy atom. The SMILES string of the molecule is CCCCC(C)(C)[C@@H](C=C[C@@H]1[C@H]2CC(CCCCC(=O)O)O[C@@H]2C[C@H]1OC1CCCCO1)OC1CCCCO1. The summed E-state index contributed by atoms with van der Waals surface area (Å²) in [7, 11) is 0. The molecule has 3 unspecified atom stereocenters. The van der Waals surface area contributed by atoms with E-state index >= 15 is 0 Å². The lowest BCUT2D eigenvalue weighted by atomic mass is 9.80. The van der Waals surface area contributed by atoms with Crippen LogP contribution in [-0.4, -0.2) is 61.3 Å². The number of carboxylic acids is 1. The molecule has 7 nitrogen and oxygen atoms in total. The van der Waals surface area contributed by atoms with E-state index in [1.165, 1.54) is 12.8 Å². The molecule has 39 heavy (non-hydrogen) atoms. The zero-order chi connectivity index (χ0) is 27.7. The molecule has 4 fully saturated rings. The zero-order valence-electron chi connectivity index (χ0n) is 24.7. The molecule has 3 saturated heterocycles. The van der Waals surface area contributed by atoms with Crippen LogP contribution in [-0.2, 0) is 28.5 Å². The van der Waals surface area contributed by atoms with E-state index in [-0.39, 0.29) is 54.7 Å². The Balaban J connectivity index is 1.45.